The number of hydrogen-bond donors (Lipinski definition) is 0. The van der Waals surface area contributed by atoms with Gasteiger partial charge in [-0.15, -0.1) is 0 Å². The monoisotopic (exact) mass is 243 g/mol. The molecule has 0 fully saturated rings. The average Bonchev–Trinajstić information content (AvgIpc) is 2.71. The Bertz CT molecular complexity index is 674. The minimum absolute atomic E-state index is 0.571. The van der Waals surface area contributed by atoms with E-state index in [9.17, 15) is 0 Å². The van der Waals surface area contributed by atoms with Crippen molar-refractivity contribution in [1.29, 1.82) is 0 Å². The van der Waals surface area contributed by atoms with Crippen molar-refractivity contribution in [2.75, 3.05) is 0 Å². The second-order valence-electron chi connectivity index (χ2n) is 3.89. The third kappa shape index (κ3) is 1.78. The number of aryl methyl sites for hydroxylation is 1. The predicted molar refractivity (Wildman–Crippen MR) is 68.2 cm³/mol. The maximum Gasteiger partial charge on any atom is 0.157 e. The summed E-state index contributed by atoms with van der Waals surface area (Å²) >= 11 is 6.19. The molecule has 0 aliphatic rings. The summed E-state index contributed by atoms with van der Waals surface area (Å²) in [4.78, 5) is 4.54. The third-order valence-corrected chi connectivity index (χ3v) is 2.84. The summed E-state index contributed by atoms with van der Waals surface area (Å²) in [5.41, 5.74) is 3.59. The first-order valence-electron chi connectivity index (χ1n) is 5.32. The predicted octanol–water partition coefficient (Wildman–Crippen LogP) is 3.36. The Morgan fingerprint density at radius 2 is 1.88 bits per heavy atom. The first kappa shape index (κ1) is 10.3. The molecule has 0 saturated heterocycles. The van der Waals surface area contributed by atoms with Crippen LogP contribution in [-0.4, -0.2) is 14.6 Å². The van der Waals surface area contributed by atoms with E-state index in [2.05, 4.69) is 10.1 Å². The second-order valence-corrected chi connectivity index (χ2v) is 4.27. The molecule has 2 heterocycles. The van der Waals surface area contributed by atoms with Gasteiger partial charge < -0.3 is 0 Å². The molecule has 0 N–H and O–H groups in total. The molecule has 3 aromatic rings. The van der Waals surface area contributed by atoms with Crippen LogP contribution in [0.5, 0.6) is 0 Å². The Morgan fingerprint density at radius 3 is 2.65 bits per heavy atom. The van der Waals surface area contributed by atoms with Crippen LogP contribution in [0, 0.1) is 6.92 Å². The Labute approximate surface area is 104 Å². The van der Waals surface area contributed by atoms with E-state index in [0.717, 1.165) is 22.6 Å². The molecule has 1 aromatic carbocycles. The van der Waals surface area contributed by atoms with Gasteiger partial charge in [-0.3, -0.25) is 0 Å². The molecule has 0 aliphatic carbocycles. The van der Waals surface area contributed by atoms with Gasteiger partial charge in [0.25, 0.3) is 0 Å². The molecular formula is C13H10ClN3. The molecule has 0 amide bonds. The molecule has 17 heavy (non-hydrogen) atoms. The highest BCUT2D eigenvalue weighted by atomic mass is 35.5. The van der Waals surface area contributed by atoms with Gasteiger partial charge in [0, 0.05) is 17.7 Å². The van der Waals surface area contributed by atoms with Crippen LogP contribution in [0.3, 0.4) is 0 Å². The lowest BCUT2D eigenvalue weighted by Crippen LogP contribution is -1.94. The van der Waals surface area contributed by atoms with Crippen LogP contribution in [-0.2, 0) is 0 Å². The summed E-state index contributed by atoms with van der Waals surface area (Å²) in [6, 6.07) is 13.7. The lowest BCUT2D eigenvalue weighted by atomic mass is 10.1. The van der Waals surface area contributed by atoms with E-state index >= 15 is 0 Å². The molecule has 0 atom stereocenters. The van der Waals surface area contributed by atoms with Gasteiger partial charge in [-0.2, -0.15) is 5.10 Å². The Kier molecular flexibility index (Phi) is 2.34. The van der Waals surface area contributed by atoms with Crippen molar-refractivity contribution in [3.63, 3.8) is 0 Å². The zero-order valence-corrected chi connectivity index (χ0v) is 10.0. The second kappa shape index (κ2) is 3.86. The highest BCUT2D eigenvalue weighted by molar-refractivity contribution is 6.30. The summed E-state index contributed by atoms with van der Waals surface area (Å²) in [6.45, 7) is 1.92. The van der Waals surface area contributed by atoms with E-state index in [1.165, 1.54) is 0 Å². The van der Waals surface area contributed by atoms with Gasteiger partial charge in [0.15, 0.2) is 5.65 Å². The first-order valence-corrected chi connectivity index (χ1v) is 5.70. The van der Waals surface area contributed by atoms with Crippen molar-refractivity contribution in [3.05, 3.63) is 53.3 Å². The molecule has 2 aromatic heterocycles. The minimum atomic E-state index is 0.571. The van der Waals surface area contributed by atoms with E-state index in [0.29, 0.717) is 5.15 Å². The summed E-state index contributed by atoms with van der Waals surface area (Å²) in [5.74, 6) is 0. The van der Waals surface area contributed by atoms with Gasteiger partial charge in [-0.05, 0) is 6.92 Å². The van der Waals surface area contributed by atoms with E-state index in [4.69, 9.17) is 11.6 Å². The molecule has 0 aliphatic heterocycles. The molecule has 0 saturated carbocycles. The molecule has 0 bridgehead atoms. The standard InChI is InChI=1S/C13H10ClN3/c1-9-7-13-15-11(8-12(14)17(13)16-9)10-5-3-2-4-6-10/h2-8H,1H3. The topological polar surface area (TPSA) is 30.2 Å². The lowest BCUT2D eigenvalue weighted by Gasteiger charge is -2.03. The number of benzene rings is 1. The fraction of sp³-hybridized carbons (Fsp3) is 0.0769. The van der Waals surface area contributed by atoms with Crippen LogP contribution in [0.25, 0.3) is 16.9 Å². The molecule has 0 radical (unpaired) electrons. The minimum Gasteiger partial charge on any atom is -0.228 e. The largest absolute Gasteiger partial charge is 0.228 e. The van der Waals surface area contributed by atoms with E-state index in [1.807, 2.05) is 49.4 Å². The van der Waals surface area contributed by atoms with Crippen molar-refractivity contribution in [3.8, 4) is 11.3 Å². The highest BCUT2D eigenvalue weighted by Gasteiger charge is 2.07. The van der Waals surface area contributed by atoms with Gasteiger partial charge >= 0.3 is 0 Å². The van der Waals surface area contributed by atoms with E-state index in [1.54, 1.807) is 4.52 Å². The molecule has 3 nitrogen and oxygen atoms in total. The molecule has 3 rings (SSSR count). The average molecular weight is 244 g/mol. The van der Waals surface area contributed by atoms with Gasteiger partial charge in [-0.25, -0.2) is 9.50 Å². The zero-order chi connectivity index (χ0) is 11.8. The molecule has 84 valence electrons. The SMILES string of the molecule is Cc1cc2nc(-c3ccccc3)cc(Cl)n2n1. The van der Waals surface area contributed by atoms with Gasteiger partial charge in [0.2, 0.25) is 0 Å². The molecule has 0 spiro atoms. The van der Waals surface area contributed by atoms with Crippen LogP contribution in [0.1, 0.15) is 5.69 Å². The Morgan fingerprint density at radius 1 is 1.12 bits per heavy atom. The normalized spacial score (nSPS) is 10.9. The maximum absolute atomic E-state index is 6.19. The summed E-state index contributed by atoms with van der Waals surface area (Å²) < 4.78 is 1.64. The van der Waals surface area contributed by atoms with Gasteiger partial charge in [0.05, 0.1) is 11.4 Å². The fourth-order valence-corrected chi connectivity index (χ4v) is 2.04. The van der Waals surface area contributed by atoms with Crippen LogP contribution in [0.15, 0.2) is 42.5 Å². The number of fused-ring (bicyclic) bond motifs is 1. The quantitative estimate of drug-likeness (QED) is 0.614. The fourth-order valence-electron chi connectivity index (χ4n) is 1.81. The lowest BCUT2D eigenvalue weighted by molar-refractivity contribution is 0.919. The highest BCUT2D eigenvalue weighted by Crippen LogP contribution is 2.22. The molecular weight excluding hydrogens is 234 g/mol. The zero-order valence-electron chi connectivity index (χ0n) is 9.26. The first-order chi connectivity index (χ1) is 8.24. The van der Waals surface area contributed by atoms with E-state index < -0.39 is 0 Å². The van der Waals surface area contributed by atoms with E-state index in [-0.39, 0.29) is 0 Å². The Balaban J connectivity index is 2.25. The van der Waals surface area contributed by atoms with Gasteiger partial charge in [0.1, 0.15) is 5.15 Å². The number of halogens is 1. The van der Waals surface area contributed by atoms with Crippen molar-refractivity contribution in [2.24, 2.45) is 0 Å². The number of nitrogens with zero attached hydrogens (tertiary/aromatic N) is 3. The van der Waals surface area contributed by atoms with Gasteiger partial charge in [-0.1, -0.05) is 41.9 Å². The van der Waals surface area contributed by atoms with Crippen LogP contribution in [0.2, 0.25) is 5.15 Å². The smallest absolute Gasteiger partial charge is 0.157 e. The number of rotatable bonds is 1. The van der Waals surface area contributed by atoms with Crippen molar-refractivity contribution >= 4 is 17.2 Å². The molecule has 0 unspecified atom stereocenters. The van der Waals surface area contributed by atoms with Crippen LogP contribution >= 0.6 is 11.6 Å². The summed E-state index contributed by atoms with van der Waals surface area (Å²) in [6.07, 6.45) is 0. The van der Waals surface area contributed by atoms with Crippen molar-refractivity contribution < 1.29 is 0 Å². The maximum atomic E-state index is 6.19. The van der Waals surface area contributed by atoms with Crippen molar-refractivity contribution in [1.82, 2.24) is 14.6 Å². The number of hydrogen-bond acceptors (Lipinski definition) is 2. The Hall–Kier alpha value is -1.87. The summed E-state index contributed by atoms with van der Waals surface area (Å²) in [7, 11) is 0. The number of aromatic nitrogens is 3. The molecule has 4 heteroatoms. The third-order valence-electron chi connectivity index (χ3n) is 2.58. The summed E-state index contributed by atoms with van der Waals surface area (Å²) in [5, 5.41) is 4.84. The van der Waals surface area contributed by atoms with Crippen molar-refractivity contribution in [2.45, 2.75) is 6.92 Å². The van der Waals surface area contributed by atoms with Crippen LogP contribution in [0.4, 0.5) is 0 Å². The van der Waals surface area contributed by atoms with Crippen LogP contribution < -0.4 is 0 Å².